The van der Waals surface area contributed by atoms with Crippen LogP contribution < -0.4 is 0 Å². The van der Waals surface area contributed by atoms with Gasteiger partial charge in [0.05, 0.1) is 0 Å². The van der Waals surface area contributed by atoms with Crippen LogP contribution in [-0.2, 0) is 0 Å². The fraction of sp³-hybridized carbons (Fsp3) is 1.00. The van der Waals surface area contributed by atoms with Crippen molar-refractivity contribution < 1.29 is 0 Å². The Morgan fingerprint density at radius 3 is 1.67 bits per heavy atom. The fourth-order valence-corrected chi connectivity index (χ4v) is 3.72. The zero-order valence-corrected chi connectivity index (χ0v) is 13.1. The van der Waals surface area contributed by atoms with Gasteiger partial charge in [0, 0.05) is 0 Å². The van der Waals surface area contributed by atoms with Crippen LogP contribution in [0, 0.1) is 11.8 Å². The Bertz CT molecular complexity index is 173. The second-order valence-electron chi connectivity index (χ2n) is 6.50. The fourth-order valence-electron chi connectivity index (χ4n) is 3.72. The van der Waals surface area contributed by atoms with E-state index < -0.39 is 0 Å². The molecule has 0 saturated heterocycles. The first-order chi connectivity index (χ1) is 8.88. The lowest BCUT2D eigenvalue weighted by Crippen LogP contribution is -2.08. The number of hydrogen-bond donors (Lipinski definition) is 0. The van der Waals surface area contributed by atoms with E-state index in [1.54, 1.807) is 19.3 Å². The molecule has 0 bridgehead atoms. The summed E-state index contributed by atoms with van der Waals surface area (Å²) in [6, 6.07) is 0. The van der Waals surface area contributed by atoms with Gasteiger partial charge in [-0.3, -0.25) is 0 Å². The predicted molar refractivity (Wildman–Crippen MR) is 83.0 cm³/mol. The third-order valence-corrected chi connectivity index (χ3v) is 4.92. The molecule has 0 heteroatoms. The van der Waals surface area contributed by atoms with Gasteiger partial charge in [-0.2, -0.15) is 0 Å². The van der Waals surface area contributed by atoms with E-state index in [1.165, 1.54) is 70.6 Å². The van der Waals surface area contributed by atoms with Crippen molar-refractivity contribution in [2.75, 3.05) is 0 Å². The monoisotopic (exact) mass is 252 g/mol. The first-order valence-corrected chi connectivity index (χ1v) is 8.88. The van der Waals surface area contributed by atoms with E-state index >= 15 is 0 Å². The topological polar surface area (TPSA) is 0 Å². The molecular weight excluding hydrogens is 216 g/mol. The van der Waals surface area contributed by atoms with Gasteiger partial charge in [0.1, 0.15) is 0 Å². The van der Waals surface area contributed by atoms with Crippen LogP contribution in [0.4, 0.5) is 0 Å². The van der Waals surface area contributed by atoms with Crippen molar-refractivity contribution in [2.45, 2.75) is 104 Å². The van der Waals surface area contributed by atoms with Gasteiger partial charge in [-0.1, -0.05) is 104 Å². The molecule has 0 heterocycles. The lowest BCUT2D eigenvalue weighted by Gasteiger charge is -2.19. The summed E-state index contributed by atoms with van der Waals surface area (Å²) in [7, 11) is 0. The molecule has 0 nitrogen and oxygen atoms in total. The minimum Gasteiger partial charge on any atom is -0.0654 e. The van der Waals surface area contributed by atoms with Crippen LogP contribution in [0.3, 0.4) is 0 Å². The molecule has 0 N–H and O–H groups in total. The van der Waals surface area contributed by atoms with Crippen LogP contribution in [-0.4, -0.2) is 0 Å². The van der Waals surface area contributed by atoms with Crippen molar-refractivity contribution in [2.24, 2.45) is 11.8 Å². The summed E-state index contributed by atoms with van der Waals surface area (Å²) >= 11 is 0. The zero-order valence-electron chi connectivity index (χ0n) is 13.1. The highest BCUT2D eigenvalue weighted by Crippen LogP contribution is 2.38. The molecule has 0 radical (unpaired) electrons. The highest BCUT2D eigenvalue weighted by Gasteiger charge is 2.25. The van der Waals surface area contributed by atoms with Crippen LogP contribution in [0.2, 0.25) is 0 Å². The standard InChI is InChI=1S/C18H36/c1-3-5-7-8-9-11-14-18-16-12-15-17(18)13-10-6-4-2/h17-18H,3-16H2,1-2H3. The highest BCUT2D eigenvalue weighted by molar-refractivity contribution is 4.77. The second-order valence-corrected chi connectivity index (χ2v) is 6.50. The Morgan fingerprint density at radius 1 is 0.611 bits per heavy atom. The van der Waals surface area contributed by atoms with Gasteiger partial charge < -0.3 is 0 Å². The molecule has 0 aromatic heterocycles. The van der Waals surface area contributed by atoms with Crippen molar-refractivity contribution in [3.8, 4) is 0 Å². The molecule has 1 rings (SSSR count). The SMILES string of the molecule is CCCCCCCCC1CCCC1CCCCC. The van der Waals surface area contributed by atoms with Crippen LogP contribution in [0.1, 0.15) is 104 Å². The lowest BCUT2D eigenvalue weighted by molar-refractivity contribution is 0.323. The summed E-state index contributed by atoms with van der Waals surface area (Å²) in [5.74, 6) is 2.21. The molecule has 1 fully saturated rings. The van der Waals surface area contributed by atoms with Gasteiger partial charge in [-0.05, 0) is 11.8 Å². The van der Waals surface area contributed by atoms with E-state index in [0.29, 0.717) is 0 Å². The smallest absolute Gasteiger partial charge is 0.0386 e. The number of unbranched alkanes of at least 4 members (excludes halogenated alkanes) is 7. The van der Waals surface area contributed by atoms with Crippen molar-refractivity contribution in [3.05, 3.63) is 0 Å². The van der Waals surface area contributed by atoms with Crippen molar-refractivity contribution >= 4 is 0 Å². The summed E-state index contributed by atoms with van der Waals surface area (Å²) in [6.07, 6.45) is 20.8. The van der Waals surface area contributed by atoms with Gasteiger partial charge in [0.2, 0.25) is 0 Å². The summed E-state index contributed by atoms with van der Waals surface area (Å²) in [5.41, 5.74) is 0. The summed E-state index contributed by atoms with van der Waals surface area (Å²) in [4.78, 5) is 0. The van der Waals surface area contributed by atoms with Gasteiger partial charge in [0.15, 0.2) is 0 Å². The molecule has 2 atom stereocenters. The van der Waals surface area contributed by atoms with Crippen LogP contribution in [0.15, 0.2) is 0 Å². The molecule has 0 aromatic carbocycles. The lowest BCUT2D eigenvalue weighted by atomic mass is 9.87. The van der Waals surface area contributed by atoms with Gasteiger partial charge in [-0.25, -0.2) is 0 Å². The van der Waals surface area contributed by atoms with Gasteiger partial charge in [0.25, 0.3) is 0 Å². The van der Waals surface area contributed by atoms with Gasteiger partial charge >= 0.3 is 0 Å². The van der Waals surface area contributed by atoms with E-state index in [2.05, 4.69) is 13.8 Å². The highest BCUT2D eigenvalue weighted by atomic mass is 14.3. The van der Waals surface area contributed by atoms with E-state index in [-0.39, 0.29) is 0 Å². The average Bonchev–Trinajstić information content (AvgIpc) is 2.82. The summed E-state index contributed by atoms with van der Waals surface area (Å²) < 4.78 is 0. The van der Waals surface area contributed by atoms with Crippen LogP contribution in [0.25, 0.3) is 0 Å². The number of rotatable bonds is 11. The average molecular weight is 252 g/mol. The maximum atomic E-state index is 2.32. The normalized spacial score (nSPS) is 23.7. The molecule has 1 aliphatic rings. The zero-order chi connectivity index (χ0) is 13.1. The Balaban J connectivity index is 2.01. The Morgan fingerprint density at radius 2 is 1.06 bits per heavy atom. The minimum absolute atomic E-state index is 1.10. The van der Waals surface area contributed by atoms with E-state index in [1.807, 2.05) is 0 Å². The first kappa shape index (κ1) is 16.1. The third-order valence-electron chi connectivity index (χ3n) is 4.92. The summed E-state index contributed by atoms with van der Waals surface area (Å²) in [6.45, 7) is 4.63. The molecule has 18 heavy (non-hydrogen) atoms. The first-order valence-electron chi connectivity index (χ1n) is 8.88. The molecule has 108 valence electrons. The molecule has 1 aliphatic carbocycles. The number of hydrogen-bond acceptors (Lipinski definition) is 0. The van der Waals surface area contributed by atoms with Crippen LogP contribution >= 0.6 is 0 Å². The molecule has 0 spiro atoms. The quantitative estimate of drug-likeness (QED) is 0.357. The van der Waals surface area contributed by atoms with E-state index in [0.717, 1.165) is 11.8 Å². The van der Waals surface area contributed by atoms with Crippen molar-refractivity contribution in [1.82, 2.24) is 0 Å². The molecule has 0 aliphatic heterocycles. The Labute approximate surface area is 116 Å². The molecule has 2 unspecified atom stereocenters. The molecule has 0 amide bonds. The second kappa shape index (κ2) is 10.9. The Hall–Kier alpha value is 0. The van der Waals surface area contributed by atoms with Crippen molar-refractivity contribution in [3.63, 3.8) is 0 Å². The van der Waals surface area contributed by atoms with Crippen molar-refractivity contribution in [1.29, 1.82) is 0 Å². The third kappa shape index (κ3) is 6.81. The molecule has 1 saturated carbocycles. The van der Waals surface area contributed by atoms with Crippen LogP contribution in [0.5, 0.6) is 0 Å². The van der Waals surface area contributed by atoms with E-state index in [4.69, 9.17) is 0 Å². The molecular formula is C18H36. The molecule has 0 aromatic rings. The van der Waals surface area contributed by atoms with E-state index in [9.17, 15) is 0 Å². The maximum Gasteiger partial charge on any atom is -0.0386 e. The van der Waals surface area contributed by atoms with Gasteiger partial charge in [-0.15, -0.1) is 0 Å². The Kier molecular flexibility index (Phi) is 9.70. The minimum atomic E-state index is 1.10. The predicted octanol–water partition coefficient (Wildman–Crippen LogP) is 6.73. The maximum absolute atomic E-state index is 2.32. The largest absolute Gasteiger partial charge is 0.0654 e. The summed E-state index contributed by atoms with van der Waals surface area (Å²) in [5, 5.41) is 0.